The Morgan fingerprint density at radius 1 is 1.18 bits per heavy atom. The Balaban J connectivity index is 1.59. The summed E-state index contributed by atoms with van der Waals surface area (Å²) < 4.78 is 7.23. The molecule has 4 rings (SSSR count). The predicted molar refractivity (Wildman–Crippen MR) is 112 cm³/mol. The molecular formula is C20H20Cl2N4O2. The van der Waals surface area contributed by atoms with Gasteiger partial charge < -0.3 is 19.9 Å². The van der Waals surface area contributed by atoms with Crippen molar-refractivity contribution in [1.29, 1.82) is 0 Å². The van der Waals surface area contributed by atoms with Crippen LogP contribution in [0.2, 0.25) is 10.0 Å². The first-order valence-electron chi connectivity index (χ1n) is 9.09. The van der Waals surface area contributed by atoms with E-state index in [0.717, 1.165) is 18.4 Å². The smallest absolute Gasteiger partial charge is 0.251 e. The van der Waals surface area contributed by atoms with E-state index < -0.39 is 0 Å². The lowest BCUT2D eigenvalue weighted by molar-refractivity contribution is 0.0696. The molecule has 1 aliphatic heterocycles. The van der Waals surface area contributed by atoms with Crippen molar-refractivity contribution in [2.75, 3.05) is 18.5 Å². The second-order valence-electron chi connectivity index (χ2n) is 6.78. The lowest BCUT2D eigenvalue weighted by atomic mass is 10.1. The molecule has 0 unspecified atom stereocenters. The lowest BCUT2D eigenvalue weighted by Gasteiger charge is -2.23. The zero-order valence-corrected chi connectivity index (χ0v) is 16.8. The Bertz CT molecular complexity index is 1010. The largest absolute Gasteiger partial charge is 0.381 e. The number of halogens is 2. The van der Waals surface area contributed by atoms with Crippen LogP contribution in [0.5, 0.6) is 0 Å². The minimum Gasteiger partial charge on any atom is -0.381 e. The van der Waals surface area contributed by atoms with Crippen LogP contribution in [0.1, 0.15) is 23.2 Å². The zero-order valence-electron chi connectivity index (χ0n) is 15.3. The number of hydrogen-bond acceptors (Lipinski definition) is 4. The molecule has 0 spiro atoms. The molecule has 0 saturated carbocycles. The second-order valence-corrected chi connectivity index (χ2v) is 7.59. The Kier molecular flexibility index (Phi) is 5.44. The molecule has 1 aliphatic rings. The number of nitrogens with zero attached hydrogens (tertiary/aromatic N) is 2. The van der Waals surface area contributed by atoms with Gasteiger partial charge in [0.25, 0.3) is 5.91 Å². The van der Waals surface area contributed by atoms with E-state index in [4.69, 9.17) is 27.9 Å². The highest BCUT2D eigenvalue weighted by Crippen LogP contribution is 2.33. The van der Waals surface area contributed by atoms with Crippen molar-refractivity contribution in [2.45, 2.75) is 18.9 Å². The molecule has 0 bridgehead atoms. The molecule has 1 fully saturated rings. The zero-order chi connectivity index (χ0) is 19.7. The normalized spacial score (nSPS) is 15.0. The fraction of sp³-hybridized carbons (Fsp3) is 0.300. The number of aryl methyl sites for hydroxylation is 1. The fourth-order valence-corrected chi connectivity index (χ4v) is 3.78. The molecule has 0 radical (unpaired) electrons. The van der Waals surface area contributed by atoms with E-state index in [-0.39, 0.29) is 11.9 Å². The van der Waals surface area contributed by atoms with E-state index >= 15 is 0 Å². The van der Waals surface area contributed by atoms with E-state index in [1.54, 1.807) is 24.3 Å². The van der Waals surface area contributed by atoms with Crippen LogP contribution in [0.3, 0.4) is 0 Å². The molecule has 0 aliphatic carbocycles. The summed E-state index contributed by atoms with van der Waals surface area (Å²) in [5.74, 6) is 0.495. The minimum absolute atomic E-state index is 0.0943. The summed E-state index contributed by atoms with van der Waals surface area (Å²) in [6, 6.07) is 11.0. The van der Waals surface area contributed by atoms with Gasteiger partial charge in [0.05, 0.1) is 26.8 Å². The number of aromatic nitrogens is 2. The van der Waals surface area contributed by atoms with Crippen LogP contribution in [-0.2, 0) is 11.8 Å². The molecule has 28 heavy (non-hydrogen) atoms. The molecule has 1 saturated heterocycles. The van der Waals surface area contributed by atoms with Gasteiger partial charge in [-0.1, -0.05) is 29.3 Å². The number of benzene rings is 2. The first kappa shape index (κ1) is 19.1. The first-order valence-corrected chi connectivity index (χ1v) is 9.84. The number of ether oxygens (including phenoxy) is 1. The summed E-state index contributed by atoms with van der Waals surface area (Å²) in [6.07, 6.45) is 1.68. The number of fused-ring (bicyclic) bond motifs is 1. The maximum Gasteiger partial charge on any atom is 0.251 e. The van der Waals surface area contributed by atoms with Crippen molar-refractivity contribution in [2.24, 2.45) is 7.05 Å². The molecule has 1 aromatic heterocycles. The summed E-state index contributed by atoms with van der Waals surface area (Å²) in [6.45, 7) is 1.37. The van der Waals surface area contributed by atoms with E-state index in [9.17, 15) is 4.79 Å². The fourth-order valence-electron chi connectivity index (χ4n) is 3.29. The van der Waals surface area contributed by atoms with E-state index in [1.807, 2.05) is 23.7 Å². The number of amides is 1. The van der Waals surface area contributed by atoms with Crippen LogP contribution in [0.4, 0.5) is 11.6 Å². The third-order valence-electron chi connectivity index (χ3n) is 4.90. The van der Waals surface area contributed by atoms with Gasteiger partial charge in [0.2, 0.25) is 5.95 Å². The summed E-state index contributed by atoms with van der Waals surface area (Å²) in [5.41, 5.74) is 2.79. The van der Waals surface area contributed by atoms with Gasteiger partial charge in [-0.25, -0.2) is 4.98 Å². The van der Waals surface area contributed by atoms with E-state index in [2.05, 4.69) is 15.6 Å². The van der Waals surface area contributed by atoms with Crippen LogP contribution in [0, 0.1) is 0 Å². The highest BCUT2D eigenvalue weighted by atomic mass is 35.5. The van der Waals surface area contributed by atoms with Crippen molar-refractivity contribution >= 4 is 51.8 Å². The molecule has 2 N–H and O–H groups in total. The molecular weight excluding hydrogens is 399 g/mol. The molecule has 146 valence electrons. The highest BCUT2D eigenvalue weighted by Gasteiger charge is 2.18. The van der Waals surface area contributed by atoms with Gasteiger partial charge in [-0.05, 0) is 43.2 Å². The molecule has 0 atom stereocenters. The van der Waals surface area contributed by atoms with Gasteiger partial charge in [0, 0.05) is 31.9 Å². The van der Waals surface area contributed by atoms with Gasteiger partial charge >= 0.3 is 0 Å². The Morgan fingerprint density at radius 3 is 2.61 bits per heavy atom. The quantitative estimate of drug-likeness (QED) is 0.652. The van der Waals surface area contributed by atoms with E-state index in [0.29, 0.717) is 46.0 Å². The molecule has 6 nitrogen and oxygen atoms in total. The SMILES string of the molecule is Cn1c(Nc2c(Cl)cccc2Cl)nc2cc(C(=O)NC3CCOCC3)ccc21. The molecule has 2 heterocycles. The number of carbonyl (C=O) groups excluding carboxylic acids is 1. The monoisotopic (exact) mass is 418 g/mol. The van der Waals surface area contributed by atoms with Gasteiger partial charge in [0.15, 0.2) is 0 Å². The average molecular weight is 419 g/mol. The van der Waals surface area contributed by atoms with Crippen molar-refractivity contribution in [1.82, 2.24) is 14.9 Å². The van der Waals surface area contributed by atoms with Crippen LogP contribution >= 0.6 is 23.2 Å². The number of nitrogens with one attached hydrogen (secondary N) is 2. The maximum atomic E-state index is 12.6. The number of hydrogen-bond donors (Lipinski definition) is 2. The maximum absolute atomic E-state index is 12.6. The Labute approximate surface area is 172 Å². The number of carbonyl (C=O) groups is 1. The molecule has 8 heteroatoms. The van der Waals surface area contributed by atoms with Crippen molar-refractivity contribution in [3.05, 3.63) is 52.0 Å². The van der Waals surface area contributed by atoms with Crippen LogP contribution < -0.4 is 10.6 Å². The van der Waals surface area contributed by atoms with Crippen molar-refractivity contribution in [3.63, 3.8) is 0 Å². The van der Waals surface area contributed by atoms with Crippen molar-refractivity contribution in [3.8, 4) is 0 Å². The summed E-state index contributed by atoms with van der Waals surface area (Å²) in [4.78, 5) is 17.2. The summed E-state index contributed by atoms with van der Waals surface area (Å²) in [5, 5.41) is 7.28. The number of rotatable bonds is 4. The standard InChI is InChI=1S/C20H20Cl2N4O2/c1-26-17-6-5-12(19(27)23-13-7-9-28-10-8-13)11-16(17)24-20(26)25-18-14(21)3-2-4-15(18)22/h2-6,11,13H,7-10H2,1H3,(H,23,27)(H,24,25). The summed E-state index contributed by atoms with van der Waals surface area (Å²) in [7, 11) is 1.89. The Morgan fingerprint density at radius 2 is 1.89 bits per heavy atom. The average Bonchev–Trinajstić information content (AvgIpc) is 3.00. The van der Waals surface area contributed by atoms with Gasteiger partial charge in [0.1, 0.15) is 0 Å². The van der Waals surface area contributed by atoms with E-state index in [1.165, 1.54) is 0 Å². The highest BCUT2D eigenvalue weighted by molar-refractivity contribution is 6.39. The van der Waals surface area contributed by atoms with Gasteiger partial charge in [-0.3, -0.25) is 4.79 Å². The number of anilines is 2. The van der Waals surface area contributed by atoms with Crippen molar-refractivity contribution < 1.29 is 9.53 Å². The minimum atomic E-state index is -0.0943. The Hall–Kier alpha value is -2.28. The number of imidazole rings is 1. The molecule has 3 aromatic rings. The van der Waals surface area contributed by atoms with Crippen LogP contribution in [0.25, 0.3) is 11.0 Å². The summed E-state index contributed by atoms with van der Waals surface area (Å²) >= 11 is 12.5. The lowest BCUT2D eigenvalue weighted by Crippen LogP contribution is -2.38. The van der Waals surface area contributed by atoms with Gasteiger partial charge in [-0.2, -0.15) is 0 Å². The third kappa shape index (κ3) is 3.81. The first-order chi connectivity index (χ1) is 13.5. The molecule has 1 amide bonds. The molecule has 2 aromatic carbocycles. The van der Waals surface area contributed by atoms with Crippen LogP contribution in [0.15, 0.2) is 36.4 Å². The second kappa shape index (κ2) is 7.99. The van der Waals surface area contributed by atoms with Crippen LogP contribution in [-0.4, -0.2) is 34.7 Å². The topological polar surface area (TPSA) is 68.2 Å². The predicted octanol–water partition coefficient (Wildman–Crippen LogP) is 4.53. The number of para-hydroxylation sites is 1. The third-order valence-corrected chi connectivity index (χ3v) is 5.53. The van der Waals surface area contributed by atoms with Gasteiger partial charge in [-0.15, -0.1) is 0 Å².